The molecule has 1 aliphatic carbocycles. The second-order valence-electron chi connectivity index (χ2n) is 7.98. The van der Waals surface area contributed by atoms with E-state index in [-0.39, 0.29) is 19.1 Å². The SMILES string of the molecule is CN(Cc1ncccn1)C(=O)C(CC(=O)O)NC(=O)OCC1c2ccccc2-c2ccccc21. The van der Waals surface area contributed by atoms with Gasteiger partial charge in [-0.1, -0.05) is 48.5 Å². The van der Waals surface area contributed by atoms with Crippen LogP contribution in [0.5, 0.6) is 0 Å². The molecule has 0 saturated heterocycles. The molecule has 1 unspecified atom stereocenters. The van der Waals surface area contributed by atoms with Gasteiger partial charge in [0.05, 0.1) is 13.0 Å². The molecule has 2 amide bonds. The van der Waals surface area contributed by atoms with E-state index in [4.69, 9.17) is 4.74 Å². The van der Waals surface area contributed by atoms with Crippen LogP contribution in [-0.4, -0.2) is 57.6 Å². The van der Waals surface area contributed by atoms with Crippen LogP contribution >= 0.6 is 0 Å². The van der Waals surface area contributed by atoms with E-state index in [9.17, 15) is 19.5 Å². The van der Waals surface area contributed by atoms with E-state index >= 15 is 0 Å². The van der Waals surface area contributed by atoms with E-state index < -0.39 is 30.4 Å². The summed E-state index contributed by atoms with van der Waals surface area (Å²) in [6.45, 7) is 0.129. The molecule has 4 rings (SSSR count). The van der Waals surface area contributed by atoms with Crippen molar-refractivity contribution in [3.05, 3.63) is 83.9 Å². The molecular weight excluding hydrogens is 436 g/mol. The van der Waals surface area contributed by atoms with Gasteiger partial charge in [0.2, 0.25) is 5.91 Å². The molecule has 0 bridgehead atoms. The van der Waals surface area contributed by atoms with Gasteiger partial charge in [-0.15, -0.1) is 0 Å². The fourth-order valence-electron chi connectivity index (χ4n) is 4.12. The fraction of sp³-hybridized carbons (Fsp3) is 0.240. The summed E-state index contributed by atoms with van der Waals surface area (Å²) >= 11 is 0. The van der Waals surface area contributed by atoms with Crippen LogP contribution < -0.4 is 5.32 Å². The molecule has 0 saturated carbocycles. The maximum Gasteiger partial charge on any atom is 0.407 e. The normalized spacial score (nSPS) is 12.9. The molecule has 1 heterocycles. The lowest BCUT2D eigenvalue weighted by molar-refractivity contribution is -0.142. The minimum atomic E-state index is -1.29. The summed E-state index contributed by atoms with van der Waals surface area (Å²) < 4.78 is 5.46. The lowest BCUT2D eigenvalue weighted by atomic mass is 9.98. The van der Waals surface area contributed by atoms with Gasteiger partial charge in [0.15, 0.2) is 0 Å². The third-order valence-electron chi connectivity index (χ3n) is 5.69. The third-order valence-corrected chi connectivity index (χ3v) is 5.69. The van der Waals surface area contributed by atoms with E-state index in [2.05, 4.69) is 15.3 Å². The average Bonchev–Trinajstić information content (AvgIpc) is 3.16. The van der Waals surface area contributed by atoms with Gasteiger partial charge < -0.3 is 20.1 Å². The van der Waals surface area contributed by atoms with Crippen LogP contribution in [0.15, 0.2) is 67.0 Å². The summed E-state index contributed by atoms with van der Waals surface area (Å²) in [5, 5.41) is 11.7. The molecule has 2 N–H and O–H groups in total. The maximum absolute atomic E-state index is 12.8. The van der Waals surface area contributed by atoms with Gasteiger partial charge in [-0.25, -0.2) is 14.8 Å². The molecule has 174 valence electrons. The molecule has 9 nitrogen and oxygen atoms in total. The fourth-order valence-corrected chi connectivity index (χ4v) is 4.12. The Morgan fingerprint density at radius 1 is 1.00 bits per heavy atom. The topological polar surface area (TPSA) is 122 Å². The van der Waals surface area contributed by atoms with Crippen molar-refractivity contribution in [2.24, 2.45) is 0 Å². The predicted octanol–water partition coefficient (Wildman–Crippen LogP) is 2.82. The van der Waals surface area contributed by atoms with E-state index in [0.717, 1.165) is 22.3 Å². The van der Waals surface area contributed by atoms with E-state index in [1.165, 1.54) is 11.9 Å². The first-order valence-electron chi connectivity index (χ1n) is 10.8. The van der Waals surface area contributed by atoms with Crippen molar-refractivity contribution in [1.82, 2.24) is 20.2 Å². The predicted molar refractivity (Wildman–Crippen MR) is 123 cm³/mol. The number of nitrogens with one attached hydrogen (secondary N) is 1. The number of nitrogens with zero attached hydrogens (tertiary/aromatic N) is 3. The highest BCUT2D eigenvalue weighted by molar-refractivity contribution is 5.89. The monoisotopic (exact) mass is 460 g/mol. The Morgan fingerprint density at radius 2 is 1.59 bits per heavy atom. The van der Waals surface area contributed by atoms with Crippen molar-refractivity contribution in [1.29, 1.82) is 0 Å². The lowest BCUT2D eigenvalue weighted by Gasteiger charge is -2.23. The largest absolute Gasteiger partial charge is 0.481 e. The summed E-state index contributed by atoms with van der Waals surface area (Å²) in [6, 6.07) is 16.2. The third kappa shape index (κ3) is 5.03. The number of likely N-dealkylation sites (N-methyl/N-ethyl adjacent to an activating group) is 1. The highest BCUT2D eigenvalue weighted by Gasteiger charge is 2.31. The number of rotatable bonds is 8. The van der Waals surface area contributed by atoms with Gasteiger partial charge in [0.25, 0.3) is 0 Å². The number of aliphatic carboxylic acids is 1. The number of carboxylic acid groups (broad SMARTS) is 1. The average molecular weight is 460 g/mol. The smallest absolute Gasteiger partial charge is 0.407 e. The van der Waals surface area contributed by atoms with Gasteiger partial charge in [-0.05, 0) is 28.3 Å². The zero-order chi connectivity index (χ0) is 24.1. The van der Waals surface area contributed by atoms with Crippen molar-refractivity contribution < 1.29 is 24.2 Å². The van der Waals surface area contributed by atoms with Crippen molar-refractivity contribution >= 4 is 18.0 Å². The first-order chi connectivity index (χ1) is 16.4. The van der Waals surface area contributed by atoms with Crippen LogP contribution in [0.4, 0.5) is 4.79 Å². The quantitative estimate of drug-likeness (QED) is 0.530. The number of fused-ring (bicyclic) bond motifs is 3. The van der Waals surface area contributed by atoms with Gasteiger partial charge >= 0.3 is 12.1 Å². The second kappa shape index (κ2) is 10.1. The van der Waals surface area contributed by atoms with Crippen LogP contribution in [0.1, 0.15) is 29.3 Å². The zero-order valence-electron chi connectivity index (χ0n) is 18.5. The summed E-state index contributed by atoms with van der Waals surface area (Å²) in [5.41, 5.74) is 4.29. The van der Waals surface area contributed by atoms with Crippen LogP contribution in [0, 0.1) is 0 Å². The Labute approximate surface area is 196 Å². The summed E-state index contributed by atoms with van der Waals surface area (Å²) in [6.07, 6.45) is 1.66. The number of carbonyl (C=O) groups excluding carboxylic acids is 2. The number of alkyl carbamates (subject to hydrolysis) is 1. The molecule has 1 aromatic heterocycles. The van der Waals surface area contributed by atoms with Gasteiger partial charge in [-0.2, -0.15) is 0 Å². The van der Waals surface area contributed by atoms with Crippen LogP contribution in [0.3, 0.4) is 0 Å². The minimum Gasteiger partial charge on any atom is -0.481 e. The molecule has 2 aromatic carbocycles. The van der Waals surface area contributed by atoms with Crippen LogP contribution in [0.25, 0.3) is 11.1 Å². The van der Waals surface area contributed by atoms with Crippen molar-refractivity contribution in [2.75, 3.05) is 13.7 Å². The summed E-state index contributed by atoms with van der Waals surface area (Å²) in [7, 11) is 1.49. The highest BCUT2D eigenvalue weighted by atomic mass is 16.5. The standard InChI is InChI=1S/C25H24N4O5/c1-29(14-22-26-11-6-12-27-22)24(32)21(13-23(30)31)28-25(33)34-15-20-18-9-4-2-7-16(18)17-8-3-5-10-19(17)20/h2-12,20-21H,13-15H2,1H3,(H,28,33)(H,30,31). The zero-order valence-corrected chi connectivity index (χ0v) is 18.5. The molecule has 0 fully saturated rings. The Morgan fingerprint density at radius 3 is 2.18 bits per heavy atom. The van der Waals surface area contributed by atoms with Gasteiger partial charge in [-0.3, -0.25) is 9.59 Å². The number of benzene rings is 2. The summed E-state index contributed by atoms with van der Waals surface area (Å²) in [5.74, 6) is -1.55. The maximum atomic E-state index is 12.8. The number of hydrogen-bond donors (Lipinski definition) is 2. The molecule has 3 aromatic rings. The molecular formula is C25H24N4O5. The molecule has 0 aliphatic heterocycles. The van der Waals surface area contributed by atoms with Crippen LogP contribution in [0.2, 0.25) is 0 Å². The molecule has 0 spiro atoms. The van der Waals surface area contributed by atoms with Crippen molar-refractivity contribution in [3.8, 4) is 11.1 Å². The van der Waals surface area contributed by atoms with Gasteiger partial charge in [0.1, 0.15) is 18.5 Å². The first kappa shape index (κ1) is 22.9. The molecule has 9 heteroatoms. The second-order valence-corrected chi connectivity index (χ2v) is 7.98. The Kier molecular flexibility index (Phi) is 6.82. The Balaban J connectivity index is 1.42. The molecule has 1 atom stereocenters. The van der Waals surface area contributed by atoms with Crippen LogP contribution in [-0.2, 0) is 20.9 Å². The van der Waals surface area contributed by atoms with Crippen molar-refractivity contribution in [2.45, 2.75) is 24.9 Å². The molecule has 1 aliphatic rings. The molecule has 34 heavy (non-hydrogen) atoms. The van der Waals surface area contributed by atoms with E-state index in [0.29, 0.717) is 5.82 Å². The number of carbonyl (C=O) groups is 3. The summed E-state index contributed by atoms with van der Waals surface area (Å²) in [4.78, 5) is 46.1. The highest BCUT2D eigenvalue weighted by Crippen LogP contribution is 2.44. The van der Waals surface area contributed by atoms with E-state index in [1.54, 1.807) is 18.5 Å². The minimum absolute atomic E-state index is 0.0571. The Hall–Kier alpha value is -4.27. The van der Waals surface area contributed by atoms with E-state index in [1.807, 2.05) is 48.5 Å². The molecule has 0 radical (unpaired) electrons. The lowest BCUT2D eigenvalue weighted by Crippen LogP contribution is -2.48. The number of hydrogen-bond acceptors (Lipinski definition) is 6. The van der Waals surface area contributed by atoms with Gasteiger partial charge in [0, 0.05) is 25.4 Å². The number of ether oxygens (including phenoxy) is 1. The Bertz CT molecular complexity index is 1160. The number of amides is 2. The first-order valence-corrected chi connectivity index (χ1v) is 10.8. The van der Waals surface area contributed by atoms with Crippen molar-refractivity contribution in [3.63, 3.8) is 0 Å². The number of carboxylic acids is 1. The number of aromatic nitrogens is 2.